The van der Waals surface area contributed by atoms with E-state index in [1.807, 2.05) is 6.07 Å². The Morgan fingerprint density at radius 3 is 2.05 bits per heavy atom. The second-order valence-electron chi connectivity index (χ2n) is 10.1. The lowest BCUT2D eigenvalue weighted by atomic mass is 9.74. The summed E-state index contributed by atoms with van der Waals surface area (Å²) < 4.78 is 9.86. The largest absolute Gasteiger partial charge is 0.494 e. The van der Waals surface area contributed by atoms with Crippen LogP contribution in [0, 0.1) is 5.92 Å². The molecule has 3 N–H and O–H groups in total. The van der Waals surface area contributed by atoms with Crippen molar-refractivity contribution in [1.29, 1.82) is 0 Å². The number of aliphatic hydroxyl groups excluding tert-OH is 1. The summed E-state index contributed by atoms with van der Waals surface area (Å²) in [5.74, 6) is -5.24. The highest BCUT2D eigenvalue weighted by atomic mass is 16.5. The zero-order valence-electron chi connectivity index (χ0n) is 23.9. The molecular weight excluding hydrogens is 568 g/mol. The molecule has 0 bridgehead atoms. The number of hydrazine groups is 1. The molecular formula is C32H30N4O8. The molecule has 2 heterocycles. The summed E-state index contributed by atoms with van der Waals surface area (Å²) in [4.78, 5) is 51.1. The van der Waals surface area contributed by atoms with Gasteiger partial charge < -0.3 is 19.7 Å². The van der Waals surface area contributed by atoms with Crippen molar-refractivity contribution in [2.45, 2.75) is 24.8 Å². The van der Waals surface area contributed by atoms with Gasteiger partial charge >= 0.3 is 17.9 Å². The monoisotopic (exact) mass is 598 g/mol. The lowest BCUT2D eigenvalue weighted by Crippen LogP contribution is -2.41. The lowest BCUT2D eigenvalue weighted by molar-refractivity contribution is -0.141. The number of carboxylic acids is 1. The van der Waals surface area contributed by atoms with Gasteiger partial charge in [0, 0.05) is 11.5 Å². The summed E-state index contributed by atoms with van der Waals surface area (Å²) in [5, 5.41) is 28.5. The summed E-state index contributed by atoms with van der Waals surface area (Å²) >= 11 is 0. The van der Waals surface area contributed by atoms with Gasteiger partial charge in [-0.3, -0.25) is 14.4 Å². The first kappa shape index (κ1) is 30.0. The Balaban J connectivity index is 1.71. The first-order chi connectivity index (χ1) is 21.2. The predicted octanol–water partition coefficient (Wildman–Crippen LogP) is 3.78. The number of benzene rings is 3. The number of carbonyl (C=O) groups is 4. The summed E-state index contributed by atoms with van der Waals surface area (Å²) in [7, 11) is 2.47. The van der Waals surface area contributed by atoms with E-state index in [2.05, 4.69) is 10.5 Å². The molecule has 1 amide bonds. The van der Waals surface area contributed by atoms with Gasteiger partial charge in [-0.25, -0.2) is 20.2 Å². The molecule has 0 radical (unpaired) electrons. The molecule has 0 saturated carbocycles. The van der Waals surface area contributed by atoms with Crippen LogP contribution in [0.1, 0.15) is 34.7 Å². The van der Waals surface area contributed by atoms with Gasteiger partial charge in [-0.05, 0) is 42.0 Å². The number of aliphatic hydroxyl groups is 1. The second kappa shape index (κ2) is 12.8. The van der Waals surface area contributed by atoms with Gasteiger partial charge in [0.2, 0.25) is 5.88 Å². The molecule has 0 aromatic heterocycles. The molecule has 12 nitrogen and oxygen atoms in total. The molecule has 0 saturated heterocycles. The van der Waals surface area contributed by atoms with Crippen molar-refractivity contribution in [3.63, 3.8) is 0 Å². The molecule has 0 fully saturated rings. The van der Waals surface area contributed by atoms with E-state index in [9.17, 15) is 29.4 Å². The van der Waals surface area contributed by atoms with E-state index in [1.54, 1.807) is 66.7 Å². The molecule has 2 aliphatic heterocycles. The number of hydrogen-bond donors (Lipinski definition) is 3. The minimum atomic E-state index is -1.14. The number of nitrogens with one attached hydrogen (secondary N) is 1. The Morgan fingerprint density at radius 2 is 1.48 bits per heavy atom. The predicted molar refractivity (Wildman–Crippen MR) is 160 cm³/mol. The number of ether oxygens (including phenoxy) is 2. The Bertz CT molecular complexity index is 1620. The van der Waals surface area contributed by atoms with Crippen molar-refractivity contribution >= 4 is 40.9 Å². The summed E-state index contributed by atoms with van der Waals surface area (Å²) in [5.41, 5.74) is 5.07. The van der Waals surface area contributed by atoms with E-state index in [0.29, 0.717) is 16.9 Å². The fraction of sp³-hybridized carbons (Fsp3) is 0.219. The van der Waals surface area contributed by atoms with Crippen LogP contribution in [0.25, 0.3) is 0 Å². The molecule has 44 heavy (non-hydrogen) atoms. The van der Waals surface area contributed by atoms with Crippen LogP contribution >= 0.6 is 0 Å². The van der Waals surface area contributed by atoms with Gasteiger partial charge in [0.15, 0.2) is 0 Å². The maximum atomic E-state index is 14.3. The third kappa shape index (κ3) is 5.88. The molecule has 0 aliphatic carbocycles. The van der Waals surface area contributed by atoms with Gasteiger partial charge in [-0.2, -0.15) is 5.10 Å². The van der Waals surface area contributed by atoms with E-state index in [-0.39, 0.29) is 35.6 Å². The summed E-state index contributed by atoms with van der Waals surface area (Å²) in [6, 6.07) is 22.5. The zero-order chi connectivity index (χ0) is 31.4. The molecule has 0 unspecified atom stereocenters. The van der Waals surface area contributed by atoms with Crippen molar-refractivity contribution in [1.82, 2.24) is 5.43 Å². The number of carbonyl (C=O) groups excluding carboxylic acids is 3. The van der Waals surface area contributed by atoms with Crippen LogP contribution < -0.4 is 15.4 Å². The fourth-order valence-corrected chi connectivity index (χ4v) is 5.46. The highest BCUT2D eigenvalue weighted by Gasteiger charge is 2.49. The molecule has 3 aromatic carbocycles. The first-order valence-corrected chi connectivity index (χ1v) is 13.7. The Morgan fingerprint density at radius 1 is 0.886 bits per heavy atom. The average molecular weight is 599 g/mol. The van der Waals surface area contributed by atoms with E-state index < -0.39 is 41.7 Å². The number of rotatable bonds is 10. The number of aromatic carboxylic acids is 1. The highest BCUT2D eigenvalue weighted by Crippen LogP contribution is 2.44. The smallest absolute Gasteiger partial charge is 0.335 e. The number of para-hydroxylation sites is 2. The van der Waals surface area contributed by atoms with Crippen LogP contribution in [0.5, 0.6) is 0 Å². The Labute approximate surface area is 252 Å². The molecule has 0 spiro atoms. The van der Waals surface area contributed by atoms with Crippen molar-refractivity contribution in [2.24, 2.45) is 11.0 Å². The third-order valence-corrected chi connectivity index (χ3v) is 7.54. The van der Waals surface area contributed by atoms with Gasteiger partial charge in [0.05, 0.1) is 61.7 Å². The molecule has 226 valence electrons. The number of hydrogen-bond acceptors (Lipinski definition) is 10. The number of anilines is 2. The SMILES string of the molecule is COC(=O)CC1=NN(c2ccccc2)C(=O)[C@@H]1[C@@H](C1=C(O)N(c2ccccc2)N[C@@H]1CC(=O)OC)c1ccc(C(=O)O)cc1. The van der Waals surface area contributed by atoms with Gasteiger partial charge in [0.1, 0.15) is 0 Å². The molecule has 5 rings (SSSR count). The molecule has 12 heteroatoms. The number of amides is 1. The standard InChI is InChI=1S/C32H30N4O8/c1-43-25(37)17-23-28(30(39)35(33-23)21-9-5-3-6-10-21)27(19-13-15-20(16-14-19)32(41)42)29-24(18-26(38)44-2)34-36(31(29)40)22-11-7-4-8-12-22/h3-16,23,27,29,33,39H,17-18H2,1-2H3,(H,41,42)/t23-,27-,29+/m1/s1. The van der Waals surface area contributed by atoms with Gasteiger partial charge in [0.25, 0.3) is 5.91 Å². The van der Waals surface area contributed by atoms with Crippen LogP contribution in [0.15, 0.2) is 101 Å². The Hall–Kier alpha value is -5.49. The van der Waals surface area contributed by atoms with E-state index in [0.717, 1.165) is 0 Å². The van der Waals surface area contributed by atoms with Crippen molar-refractivity contribution in [2.75, 3.05) is 24.2 Å². The van der Waals surface area contributed by atoms with Crippen LogP contribution in [-0.4, -0.2) is 60.0 Å². The van der Waals surface area contributed by atoms with Crippen LogP contribution in [0.2, 0.25) is 0 Å². The second-order valence-corrected chi connectivity index (χ2v) is 10.1. The van der Waals surface area contributed by atoms with Crippen LogP contribution in [-0.2, 0) is 23.9 Å². The van der Waals surface area contributed by atoms with Crippen LogP contribution in [0.3, 0.4) is 0 Å². The first-order valence-electron chi connectivity index (χ1n) is 13.7. The average Bonchev–Trinajstić information content (AvgIpc) is 3.54. The van der Waals surface area contributed by atoms with Crippen LogP contribution in [0.4, 0.5) is 11.4 Å². The topological polar surface area (TPSA) is 158 Å². The minimum absolute atomic E-state index is 0.0133. The number of methoxy groups -OCH3 is 2. The van der Waals surface area contributed by atoms with E-state index >= 15 is 0 Å². The van der Waals surface area contributed by atoms with Crippen molar-refractivity contribution < 1.29 is 38.9 Å². The quantitative estimate of drug-likeness (QED) is 0.293. The molecule has 2 aliphatic rings. The lowest BCUT2D eigenvalue weighted by Gasteiger charge is -2.28. The number of nitrogens with zero attached hydrogens (tertiary/aromatic N) is 3. The van der Waals surface area contributed by atoms with Crippen molar-refractivity contribution in [3.05, 3.63) is 108 Å². The van der Waals surface area contributed by atoms with E-state index in [4.69, 9.17) is 9.47 Å². The maximum Gasteiger partial charge on any atom is 0.335 e. The maximum absolute atomic E-state index is 14.3. The number of hydrazone groups is 1. The normalized spacial score (nSPS) is 18.7. The highest BCUT2D eigenvalue weighted by molar-refractivity contribution is 6.20. The summed E-state index contributed by atoms with van der Waals surface area (Å²) in [6.45, 7) is 0. The molecule has 3 aromatic rings. The third-order valence-electron chi connectivity index (χ3n) is 7.54. The number of carboxylic acid groups (broad SMARTS) is 1. The zero-order valence-corrected chi connectivity index (χ0v) is 23.9. The Kier molecular flexibility index (Phi) is 8.72. The fourth-order valence-electron chi connectivity index (χ4n) is 5.46. The minimum Gasteiger partial charge on any atom is -0.494 e. The van der Waals surface area contributed by atoms with Crippen molar-refractivity contribution in [3.8, 4) is 0 Å². The summed E-state index contributed by atoms with van der Waals surface area (Å²) in [6.07, 6.45) is -0.540. The number of esters is 2. The molecule has 3 atom stereocenters. The van der Waals surface area contributed by atoms with E-state index in [1.165, 1.54) is 36.4 Å². The van der Waals surface area contributed by atoms with Gasteiger partial charge in [-0.15, -0.1) is 0 Å². The van der Waals surface area contributed by atoms with Gasteiger partial charge in [-0.1, -0.05) is 48.5 Å².